The number of hydrogen-bond donors (Lipinski definition) is 1. The Hall–Kier alpha value is -0.790. The third-order valence-electron chi connectivity index (χ3n) is 1.88. The minimum Gasteiger partial charge on any atom is -0.481 e. The van der Waals surface area contributed by atoms with Gasteiger partial charge in [0, 0.05) is 6.42 Å². The zero-order valence-electron chi connectivity index (χ0n) is 8.46. The van der Waals surface area contributed by atoms with Crippen LogP contribution in [0.3, 0.4) is 0 Å². The Labute approximate surface area is 80.7 Å². The minimum atomic E-state index is -0.679. The number of rotatable bonds is 8. The van der Waals surface area contributed by atoms with E-state index < -0.39 is 5.97 Å². The summed E-state index contributed by atoms with van der Waals surface area (Å²) in [4.78, 5) is 10.2. The third-order valence-corrected chi connectivity index (χ3v) is 1.88. The van der Waals surface area contributed by atoms with Crippen molar-refractivity contribution in [2.24, 2.45) is 0 Å². The van der Waals surface area contributed by atoms with E-state index in [-0.39, 0.29) is 0 Å². The van der Waals surface area contributed by atoms with Crippen LogP contribution in [0.1, 0.15) is 51.9 Å². The first kappa shape index (κ1) is 12.2. The van der Waals surface area contributed by atoms with Gasteiger partial charge in [-0.15, -0.1) is 0 Å². The molecule has 0 aliphatic heterocycles. The zero-order valence-corrected chi connectivity index (χ0v) is 8.46. The maximum absolute atomic E-state index is 10.2. The second-order valence-electron chi connectivity index (χ2n) is 3.25. The van der Waals surface area contributed by atoms with Crippen molar-refractivity contribution in [3.8, 4) is 0 Å². The Morgan fingerprint density at radius 1 is 1.15 bits per heavy atom. The lowest BCUT2D eigenvalue weighted by Crippen LogP contribution is -1.93. The van der Waals surface area contributed by atoms with Crippen molar-refractivity contribution in [3.63, 3.8) is 0 Å². The quantitative estimate of drug-likeness (QED) is 0.464. The van der Waals surface area contributed by atoms with Crippen LogP contribution < -0.4 is 0 Å². The fourth-order valence-electron chi connectivity index (χ4n) is 1.12. The Bertz CT molecular complexity index is 150. The highest BCUT2D eigenvalue weighted by Crippen LogP contribution is 2.04. The lowest BCUT2D eigenvalue weighted by molar-refractivity contribution is -0.137. The maximum Gasteiger partial charge on any atom is 0.303 e. The van der Waals surface area contributed by atoms with Gasteiger partial charge in [-0.1, -0.05) is 31.9 Å². The van der Waals surface area contributed by atoms with Crippen molar-refractivity contribution in [2.75, 3.05) is 0 Å². The van der Waals surface area contributed by atoms with Crippen LogP contribution in [0.5, 0.6) is 0 Å². The molecule has 0 heterocycles. The van der Waals surface area contributed by atoms with Gasteiger partial charge in [-0.25, -0.2) is 0 Å². The van der Waals surface area contributed by atoms with Crippen LogP contribution in [0.2, 0.25) is 0 Å². The molecule has 0 aromatic carbocycles. The summed E-state index contributed by atoms with van der Waals surface area (Å²) in [5, 5.41) is 8.37. The summed E-state index contributed by atoms with van der Waals surface area (Å²) >= 11 is 0. The second kappa shape index (κ2) is 9.30. The van der Waals surface area contributed by atoms with E-state index in [1.165, 1.54) is 6.42 Å². The molecule has 0 unspecified atom stereocenters. The van der Waals surface area contributed by atoms with Gasteiger partial charge in [0.05, 0.1) is 0 Å². The molecular weight excluding hydrogens is 164 g/mol. The molecule has 0 spiro atoms. The molecular formula is C11H20O2. The first-order chi connectivity index (χ1) is 6.27. The van der Waals surface area contributed by atoms with Crippen LogP contribution in [-0.4, -0.2) is 11.1 Å². The molecule has 1 N–H and O–H groups in total. The van der Waals surface area contributed by atoms with E-state index in [9.17, 15) is 4.79 Å². The van der Waals surface area contributed by atoms with E-state index >= 15 is 0 Å². The van der Waals surface area contributed by atoms with Gasteiger partial charge in [0.25, 0.3) is 0 Å². The molecule has 0 bridgehead atoms. The number of hydrogen-bond acceptors (Lipinski definition) is 1. The predicted octanol–water partition coefficient (Wildman–Crippen LogP) is 3.38. The smallest absolute Gasteiger partial charge is 0.303 e. The number of aliphatic carboxylic acids is 1. The first-order valence-electron chi connectivity index (χ1n) is 5.14. The fourth-order valence-corrected chi connectivity index (χ4v) is 1.12. The molecule has 0 aromatic rings. The average Bonchev–Trinajstić information content (AvgIpc) is 2.09. The van der Waals surface area contributed by atoms with Crippen LogP contribution >= 0.6 is 0 Å². The molecule has 2 nitrogen and oxygen atoms in total. The van der Waals surface area contributed by atoms with E-state index in [0.717, 1.165) is 32.1 Å². The molecule has 0 rings (SSSR count). The van der Waals surface area contributed by atoms with Crippen molar-refractivity contribution in [1.29, 1.82) is 0 Å². The summed E-state index contributed by atoms with van der Waals surface area (Å²) in [5.41, 5.74) is 0. The summed E-state index contributed by atoms with van der Waals surface area (Å²) < 4.78 is 0. The normalized spacial score (nSPS) is 10.8. The average molecular weight is 184 g/mol. The van der Waals surface area contributed by atoms with Crippen molar-refractivity contribution < 1.29 is 9.90 Å². The topological polar surface area (TPSA) is 37.3 Å². The molecule has 0 aromatic heterocycles. The van der Waals surface area contributed by atoms with Gasteiger partial charge in [-0.3, -0.25) is 4.79 Å². The molecule has 13 heavy (non-hydrogen) atoms. The Morgan fingerprint density at radius 3 is 2.46 bits per heavy atom. The van der Waals surface area contributed by atoms with Crippen molar-refractivity contribution in [3.05, 3.63) is 12.2 Å². The van der Waals surface area contributed by atoms with E-state index in [2.05, 4.69) is 19.1 Å². The van der Waals surface area contributed by atoms with Crippen LogP contribution in [0.15, 0.2) is 12.2 Å². The van der Waals surface area contributed by atoms with Gasteiger partial charge in [0.1, 0.15) is 0 Å². The molecule has 2 heteroatoms. The van der Waals surface area contributed by atoms with Crippen molar-refractivity contribution in [2.45, 2.75) is 51.9 Å². The van der Waals surface area contributed by atoms with E-state index in [4.69, 9.17) is 5.11 Å². The molecule has 76 valence electrons. The van der Waals surface area contributed by atoms with Gasteiger partial charge in [0.2, 0.25) is 0 Å². The van der Waals surface area contributed by atoms with Gasteiger partial charge in [0.15, 0.2) is 0 Å². The molecule has 0 aliphatic rings. The highest BCUT2D eigenvalue weighted by molar-refractivity contribution is 5.66. The maximum atomic E-state index is 10.2. The fraction of sp³-hybridized carbons (Fsp3) is 0.727. The second-order valence-corrected chi connectivity index (χ2v) is 3.25. The first-order valence-corrected chi connectivity index (χ1v) is 5.14. The molecule has 0 fully saturated rings. The standard InChI is InChI=1S/C11H20O2/c1-2-3-4-5-6-7-8-9-10-11(12)13/h4-5H,2-3,6-10H2,1H3,(H,12,13)/b5-4+. The highest BCUT2D eigenvalue weighted by atomic mass is 16.4. The predicted molar refractivity (Wildman–Crippen MR) is 54.8 cm³/mol. The van der Waals surface area contributed by atoms with Gasteiger partial charge >= 0.3 is 5.97 Å². The van der Waals surface area contributed by atoms with Crippen LogP contribution in [0, 0.1) is 0 Å². The molecule has 0 atom stereocenters. The van der Waals surface area contributed by atoms with Crippen LogP contribution in [-0.2, 0) is 4.79 Å². The largest absolute Gasteiger partial charge is 0.481 e. The number of carbonyl (C=O) groups is 1. The third kappa shape index (κ3) is 11.2. The highest BCUT2D eigenvalue weighted by Gasteiger charge is 1.94. The number of carboxylic acid groups (broad SMARTS) is 1. The number of allylic oxidation sites excluding steroid dienone is 2. The minimum absolute atomic E-state index is 0.318. The van der Waals surface area contributed by atoms with Crippen molar-refractivity contribution in [1.82, 2.24) is 0 Å². The Balaban J connectivity index is 3.03. The molecule has 0 aliphatic carbocycles. The summed E-state index contributed by atoms with van der Waals surface area (Å²) in [6.07, 6.45) is 11.2. The lowest BCUT2D eigenvalue weighted by Gasteiger charge is -1.94. The van der Waals surface area contributed by atoms with Gasteiger partial charge in [-0.2, -0.15) is 0 Å². The SMILES string of the molecule is CCC/C=C/CCCCCC(=O)O. The molecule has 0 amide bonds. The number of carboxylic acids is 1. The van der Waals surface area contributed by atoms with Gasteiger partial charge in [-0.05, 0) is 25.7 Å². The Kier molecular flexibility index (Phi) is 8.73. The summed E-state index contributed by atoms with van der Waals surface area (Å²) in [5.74, 6) is -0.679. The van der Waals surface area contributed by atoms with Crippen LogP contribution in [0.25, 0.3) is 0 Å². The van der Waals surface area contributed by atoms with E-state index in [1.807, 2.05) is 0 Å². The molecule has 0 saturated heterocycles. The lowest BCUT2D eigenvalue weighted by atomic mass is 10.1. The molecule has 0 saturated carbocycles. The van der Waals surface area contributed by atoms with Crippen LogP contribution in [0.4, 0.5) is 0 Å². The molecule has 0 radical (unpaired) electrons. The Morgan fingerprint density at radius 2 is 1.85 bits per heavy atom. The monoisotopic (exact) mass is 184 g/mol. The summed E-state index contributed by atoms with van der Waals surface area (Å²) in [7, 11) is 0. The van der Waals surface area contributed by atoms with Crippen molar-refractivity contribution >= 4 is 5.97 Å². The number of unbranched alkanes of at least 4 members (excludes halogenated alkanes) is 4. The zero-order chi connectivity index (χ0) is 9.94. The summed E-state index contributed by atoms with van der Waals surface area (Å²) in [6, 6.07) is 0. The van der Waals surface area contributed by atoms with Gasteiger partial charge < -0.3 is 5.11 Å². The van der Waals surface area contributed by atoms with E-state index in [0.29, 0.717) is 6.42 Å². The van der Waals surface area contributed by atoms with E-state index in [1.54, 1.807) is 0 Å². The summed E-state index contributed by atoms with van der Waals surface area (Å²) in [6.45, 7) is 2.16.